The van der Waals surface area contributed by atoms with E-state index in [1.807, 2.05) is 0 Å². The lowest BCUT2D eigenvalue weighted by atomic mass is 9.95. The third-order valence-electron chi connectivity index (χ3n) is 5.01. The van der Waals surface area contributed by atoms with E-state index in [0.717, 1.165) is 42.6 Å². The number of benzene rings is 1. The molecule has 4 rings (SSSR count). The lowest BCUT2D eigenvalue weighted by Gasteiger charge is -2.14. The van der Waals surface area contributed by atoms with Gasteiger partial charge in [0.05, 0.1) is 12.3 Å². The summed E-state index contributed by atoms with van der Waals surface area (Å²) in [6, 6.07) is 9.59. The van der Waals surface area contributed by atoms with E-state index in [4.69, 9.17) is 9.47 Å². The van der Waals surface area contributed by atoms with Crippen molar-refractivity contribution in [3.63, 3.8) is 0 Å². The molecule has 0 atom stereocenters. The van der Waals surface area contributed by atoms with E-state index in [0.29, 0.717) is 30.5 Å². The van der Waals surface area contributed by atoms with E-state index in [2.05, 4.69) is 15.4 Å². The number of nitrogens with zero attached hydrogens (tertiary/aromatic N) is 3. The number of anilines is 1. The second-order valence-corrected chi connectivity index (χ2v) is 7.02. The number of carbonyl (C=O) groups is 1. The first kappa shape index (κ1) is 20.0. The molecule has 1 aliphatic rings. The van der Waals surface area contributed by atoms with Crippen LogP contribution in [0.1, 0.15) is 34.6 Å². The summed E-state index contributed by atoms with van der Waals surface area (Å²) in [7, 11) is 1.59. The van der Waals surface area contributed by atoms with Crippen molar-refractivity contribution in [1.82, 2.24) is 14.8 Å². The Kier molecular flexibility index (Phi) is 6.04. The fraction of sp³-hybridized carbons (Fsp3) is 0.318. The van der Waals surface area contributed by atoms with Gasteiger partial charge in [-0.05, 0) is 62.1 Å². The number of hydrogen-bond acceptors (Lipinski definition) is 5. The SMILES string of the molecule is COCCOc1ncccc1NC(=O)c1nn(-c2ccc(F)cc2)c2c1CCCC2. The Balaban J connectivity index is 1.63. The maximum atomic E-state index is 13.3. The van der Waals surface area contributed by atoms with Gasteiger partial charge in [0.25, 0.3) is 5.91 Å². The van der Waals surface area contributed by atoms with Crippen LogP contribution in [-0.2, 0) is 17.6 Å². The van der Waals surface area contributed by atoms with E-state index in [1.165, 1.54) is 12.1 Å². The summed E-state index contributed by atoms with van der Waals surface area (Å²) in [6.45, 7) is 0.741. The van der Waals surface area contributed by atoms with Gasteiger partial charge in [-0.25, -0.2) is 14.1 Å². The Labute approximate surface area is 173 Å². The van der Waals surface area contributed by atoms with Crippen LogP contribution in [0.5, 0.6) is 5.88 Å². The van der Waals surface area contributed by atoms with Crippen LogP contribution in [0.2, 0.25) is 0 Å². The lowest BCUT2D eigenvalue weighted by Crippen LogP contribution is -2.17. The molecule has 0 unspecified atom stereocenters. The number of fused-ring (bicyclic) bond motifs is 1. The zero-order chi connectivity index (χ0) is 20.9. The average Bonchev–Trinajstić information content (AvgIpc) is 3.15. The summed E-state index contributed by atoms with van der Waals surface area (Å²) in [5.41, 5.74) is 3.52. The van der Waals surface area contributed by atoms with Gasteiger partial charge >= 0.3 is 0 Å². The summed E-state index contributed by atoms with van der Waals surface area (Å²) in [5.74, 6) is -0.302. The van der Waals surface area contributed by atoms with Crippen molar-refractivity contribution in [2.45, 2.75) is 25.7 Å². The zero-order valence-electron chi connectivity index (χ0n) is 16.7. The summed E-state index contributed by atoms with van der Waals surface area (Å²) in [6.07, 6.45) is 5.24. The Morgan fingerprint density at radius 1 is 1.17 bits per heavy atom. The van der Waals surface area contributed by atoms with Crippen LogP contribution in [0, 0.1) is 5.82 Å². The average molecular weight is 410 g/mol. The molecule has 0 aliphatic heterocycles. The van der Waals surface area contributed by atoms with Crippen LogP contribution in [0.4, 0.5) is 10.1 Å². The molecule has 1 aliphatic carbocycles. The molecule has 0 radical (unpaired) electrons. The van der Waals surface area contributed by atoms with Crippen molar-refractivity contribution < 1.29 is 18.7 Å². The minimum atomic E-state index is -0.321. The summed E-state index contributed by atoms with van der Waals surface area (Å²) >= 11 is 0. The highest BCUT2D eigenvalue weighted by atomic mass is 19.1. The predicted octanol–water partition coefficient (Wildman–Crippen LogP) is 3.56. The van der Waals surface area contributed by atoms with E-state index >= 15 is 0 Å². The van der Waals surface area contributed by atoms with Crippen LogP contribution >= 0.6 is 0 Å². The molecule has 0 fully saturated rings. The normalized spacial score (nSPS) is 13.0. The number of hydrogen-bond donors (Lipinski definition) is 1. The van der Waals surface area contributed by atoms with Crippen molar-refractivity contribution in [1.29, 1.82) is 0 Å². The molecule has 0 saturated heterocycles. The van der Waals surface area contributed by atoms with Crippen LogP contribution in [0.15, 0.2) is 42.6 Å². The maximum Gasteiger partial charge on any atom is 0.276 e. The highest BCUT2D eigenvalue weighted by Gasteiger charge is 2.26. The lowest BCUT2D eigenvalue weighted by molar-refractivity contribution is 0.101. The van der Waals surface area contributed by atoms with Crippen LogP contribution < -0.4 is 10.1 Å². The van der Waals surface area contributed by atoms with Crippen molar-refractivity contribution in [2.75, 3.05) is 25.6 Å². The fourth-order valence-corrected chi connectivity index (χ4v) is 3.58. The first-order chi connectivity index (χ1) is 14.7. The summed E-state index contributed by atoms with van der Waals surface area (Å²) < 4.78 is 25.7. The molecule has 1 amide bonds. The molecule has 7 nitrogen and oxygen atoms in total. The molecule has 0 saturated carbocycles. The number of nitrogens with one attached hydrogen (secondary N) is 1. The number of methoxy groups -OCH3 is 1. The third kappa shape index (κ3) is 4.18. The van der Waals surface area contributed by atoms with Crippen LogP contribution in [-0.4, -0.2) is 41.0 Å². The molecular weight excluding hydrogens is 387 g/mol. The highest BCUT2D eigenvalue weighted by molar-refractivity contribution is 6.04. The van der Waals surface area contributed by atoms with Gasteiger partial charge in [-0.15, -0.1) is 0 Å². The number of rotatable bonds is 7. The molecule has 30 heavy (non-hydrogen) atoms. The first-order valence-electron chi connectivity index (χ1n) is 9.92. The van der Waals surface area contributed by atoms with E-state index in [9.17, 15) is 9.18 Å². The van der Waals surface area contributed by atoms with Crippen molar-refractivity contribution in [3.05, 3.63) is 65.4 Å². The van der Waals surface area contributed by atoms with Gasteiger partial charge in [0, 0.05) is 24.6 Å². The monoisotopic (exact) mass is 410 g/mol. The molecule has 0 spiro atoms. The molecule has 1 N–H and O–H groups in total. The third-order valence-corrected chi connectivity index (χ3v) is 5.01. The van der Waals surface area contributed by atoms with Crippen molar-refractivity contribution in [3.8, 4) is 11.6 Å². The van der Waals surface area contributed by atoms with Crippen LogP contribution in [0.3, 0.4) is 0 Å². The number of pyridine rings is 1. The number of halogens is 1. The van der Waals surface area contributed by atoms with E-state index in [1.54, 1.807) is 42.3 Å². The Bertz CT molecular complexity index is 1030. The minimum Gasteiger partial charge on any atom is -0.474 e. The quantitative estimate of drug-likeness (QED) is 0.603. The maximum absolute atomic E-state index is 13.3. The Hall–Kier alpha value is -3.26. The standard InChI is InChI=1S/C22H23FN4O3/c1-29-13-14-30-22-18(6-4-12-24-22)25-21(28)20-17-5-2-3-7-19(17)27(26-20)16-10-8-15(23)9-11-16/h4,6,8-12H,2-3,5,7,13-14H2,1H3,(H,25,28). The van der Waals surface area contributed by atoms with Gasteiger partial charge in [-0.3, -0.25) is 4.79 Å². The number of carbonyl (C=O) groups excluding carboxylic acids is 1. The van der Waals surface area contributed by atoms with Gasteiger partial charge in [-0.2, -0.15) is 5.10 Å². The fourth-order valence-electron chi connectivity index (χ4n) is 3.58. The molecule has 3 aromatic rings. The minimum absolute atomic E-state index is 0.310. The molecule has 156 valence electrons. The Morgan fingerprint density at radius 2 is 1.97 bits per heavy atom. The summed E-state index contributed by atoms with van der Waals surface area (Å²) in [5, 5.41) is 7.47. The topological polar surface area (TPSA) is 78.3 Å². The Morgan fingerprint density at radius 3 is 2.77 bits per heavy atom. The smallest absolute Gasteiger partial charge is 0.276 e. The molecule has 2 aromatic heterocycles. The van der Waals surface area contributed by atoms with E-state index < -0.39 is 0 Å². The summed E-state index contributed by atoms with van der Waals surface area (Å²) in [4.78, 5) is 17.3. The molecular formula is C22H23FN4O3. The second kappa shape index (κ2) is 9.04. The largest absolute Gasteiger partial charge is 0.474 e. The van der Waals surface area contributed by atoms with E-state index in [-0.39, 0.29) is 11.7 Å². The molecule has 0 bridgehead atoms. The first-order valence-corrected chi connectivity index (χ1v) is 9.92. The van der Waals surface area contributed by atoms with Gasteiger partial charge in [-0.1, -0.05) is 0 Å². The van der Waals surface area contributed by atoms with Crippen LogP contribution in [0.25, 0.3) is 5.69 Å². The number of ether oxygens (including phenoxy) is 2. The molecule has 1 aromatic carbocycles. The van der Waals surface area contributed by atoms with Crippen molar-refractivity contribution in [2.24, 2.45) is 0 Å². The number of aromatic nitrogens is 3. The van der Waals surface area contributed by atoms with Gasteiger partial charge in [0.2, 0.25) is 5.88 Å². The van der Waals surface area contributed by atoms with Gasteiger partial charge in [0.15, 0.2) is 5.69 Å². The van der Waals surface area contributed by atoms with Gasteiger partial charge < -0.3 is 14.8 Å². The second-order valence-electron chi connectivity index (χ2n) is 7.02. The van der Waals surface area contributed by atoms with Gasteiger partial charge in [0.1, 0.15) is 18.1 Å². The number of amides is 1. The zero-order valence-corrected chi connectivity index (χ0v) is 16.7. The highest BCUT2D eigenvalue weighted by Crippen LogP contribution is 2.28. The molecule has 2 heterocycles. The molecule has 8 heteroatoms. The van der Waals surface area contributed by atoms with Crippen molar-refractivity contribution >= 4 is 11.6 Å². The predicted molar refractivity (Wildman–Crippen MR) is 110 cm³/mol.